The molecule has 9 heteroatoms. The molecule has 0 saturated carbocycles. The Labute approximate surface area is 190 Å². The summed E-state index contributed by atoms with van der Waals surface area (Å²) in [5.74, 6) is -0.863. The molecule has 32 heavy (non-hydrogen) atoms. The van der Waals surface area contributed by atoms with Gasteiger partial charge in [-0.1, -0.05) is 48.5 Å². The zero-order chi connectivity index (χ0) is 22.9. The number of aliphatic hydroxyl groups is 1. The molecule has 4 N–H and O–H groups in total. The number of rotatable bonds is 11. The number of hydrogen-bond acceptors (Lipinski definition) is 6. The molecular weight excluding hydrogens is 432 g/mol. The van der Waals surface area contributed by atoms with E-state index in [1.807, 2.05) is 24.3 Å². The van der Waals surface area contributed by atoms with E-state index in [-0.39, 0.29) is 37.2 Å². The lowest BCUT2D eigenvalue weighted by molar-refractivity contribution is -0.147. The molecule has 0 bridgehead atoms. The summed E-state index contributed by atoms with van der Waals surface area (Å²) in [6, 6.07) is 16.3. The minimum atomic E-state index is -1.48. The topological polar surface area (TPSA) is 125 Å². The van der Waals surface area contributed by atoms with Gasteiger partial charge in [0, 0.05) is 31.2 Å². The van der Waals surface area contributed by atoms with Crippen LogP contribution in [-0.4, -0.2) is 65.5 Å². The van der Waals surface area contributed by atoms with Gasteiger partial charge in [-0.15, -0.1) is 0 Å². The van der Waals surface area contributed by atoms with Crippen molar-refractivity contribution in [3.63, 3.8) is 0 Å². The number of carbonyl (C=O) groups excluding carboxylic acids is 2. The quantitative estimate of drug-likeness (QED) is 0.381. The fraction of sp³-hybridized carbons (Fsp3) is 0.348. The highest BCUT2D eigenvalue weighted by Crippen LogP contribution is 2.44. The Morgan fingerprint density at radius 1 is 0.969 bits per heavy atom. The van der Waals surface area contributed by atoms with Gasteiger partial charge in [-0.3, -0.25) is 4.79 Å². The predicted molar refractivity (Wildman–Crippen MR) is 122 cm³/mol. The van der Waals surface area contributed by atoms with Crippen LogP contribution in [0, 0.1) is 0 Å². The zero-order valence-electron chi connectivity index (χ0n) is 17.5. The highest BCUT2D eigenvalue weighted by molar-refractivity contribution is 7.99. The van der Waals surface area contributed by atoms with Gasteiger partial charge in [0.05, 0.1) is 5.75 Å². The molecule has 0 radical (unpaired) electrons. The second-order valence-electron chi connectivity index (χ2n) is 7.30. The van der Waals surface area contributed by atoms with Crippen molar-refractivity contribution >= 4 is 29.7 Å². The number of ether oxygens (including phenoxy) is 1. The van der Waals surface area contributed by atoms with E-state index in [0.29, 0.717) is 12.3 Å². The number of thioether (sulfide) groups is 1. The summed E-state index contributed by atoms with van der Waals surface area (Å²) < 4.78 is 5.45. The van der Waals surface area contributed by atoms with Crippen LogP contribution in [0.5, 0.6) is 0 Å². The summed E-state index contributed by atoms with van der Waals surface area (Å²) in [4.78, 5) is 34.2. The SMILES string of the molecule is O=C(CSCCNC(=O)OCC1c2ccccc2-c2ccccc21)NCCC(O)C(=O)O. The van der Waals surface area contributed by atoms with Gasteiger partial charge in [0.1, 0.15) is 6.61 Å². The largest absolute Gasteiger partial charge is 0.479 e. The Bertz CT molecular complexity index is 922. The Morgan fingerprint density at radius 2 is 1.59 bits per heavy atom. The van der Waals surface area contributed by atoms with Crippen LogP contribution >= 0.6 is 11.8 Å². The van der Waals surface area contributed by atoms with E-state index >= 15 is 0 Å². The number of benzene rings is 2. The molecule has 3 rings (SSSR count). The monoisotopic (exact) mass is 458 g/mol. The normalized spacial score (nSPS) is 13.0. The smallest absolute Gasteiger partial charge is 0.407 e. The third kappa shape index (κ3) is 6.24. The van der Waals surface area contributed by atoms with Crippen molar-refractivity contribution in [2.24, 2.45) is 0 Å². The van der Waals surface area contributed by atoms with Crippen LogP contribution < -0.4 is 10.6 Å². The lowest BCUT2D eigenvalue weighted by atomic mass is 9.98. The van der Waals surface area contributed by atoms with E-state index in [9.17, 15) is 14.4 Å². The van der Waals surface area contributed by atoms with Crippen molar-refractivity contribution < 1.29 is 29.3 Å². The molecule has 0 fully saturated rings. The van der Waals surface area contributed by atoms with E-state index < -0.39 is 18.2 Å². The molecule has 1 atom stereocenters. The average Bonchev–Trinajstić information content (AvgIpc) is 3.11. The van der Waals surface area contributed by atoms with Crippen LogP contribution in [0.15, 0.2) is 48.5 Å². The third-order valence-electron chi connectivity index (χ3n) is 5.12. The predicted octanol–water partition coefficient (Wildman–Crippen LogP) is 2.21. The first-order chi connectivity index (χ1) is 15.5. The Balaban J connectivity index is 1.33. The molecule has 170 valence electrons. The minimum Gasteiger partial charge on any atom is -0.479 e. The fourth-order valence-electron chi connectivity index (χ4n) is 3.56. The number of hydrogen-bond donors (Lipinski definition) is 4. The van der Waals surface area contributed by atoms with Crippen LogP contribution in [0.4, 0.5) is 4.79 Å². The van der Waals surface area contributed by atoms with Gasteiger partial charge in [0.25, 0.3) is 0 Å². The first kappa shape index (κ1) is 23.6. The number of carboxylic acid groups (broad SMARTS) is 1. The lowest BCUT2D eigenvalue weighted by Crippen LogP contribution is -2.31. The standard InChI is InChI=1S/C23H26N2O6S/c26-20(22(28)29)9-10-24-21(27)14-32-12-11-25-23(30)31-13-19-17-7-3-1-5-15(17)16-6-2-4-8-18(16)19/h1-8,19-20,26H,9-14H2,(H,24,27)(H,25,30)(H,28,29). The van der Waals surface area contributed by atoms with E-state index in [2.05, 4.69) is 34.9 Å². The first-order valence-electron chi connectivity index (χ1n) is 10.3. The van der Waals surface area contributed by atoms with Crippen molar-refractivity contribution in [1.82, 2.24) is 10.6 Å². The lowest BCUT2D eigenvalue weighted by Gasteiger charge is -2.14. The maximum atomic E-state index is 12.1. The van der Waals surface area contributed by atoms with E-state index in [1.54, 1.807) is 0 Å². The number of amides is 2. The number of aliphatic carboxylic acids is 1. The summed E-state index contributed by atoms with van der Waals surface area (Å²) in [7, 11) is 0. The Kier molecular flexibility index (Phi) is 8.52. The third-order valence-corrected chi connectivity index (χ3v) is 6.08. The number of fused-ring (bicyclic) bond motifs is 3. The molecule has 1 aliphatic rings. The zero-order valence-corrected chi connectivity index (χ0v) is 18.3. The minimum absolute atomic E-state index is 0.00543. The maximum absolute atomic E-state index is 12.1. The average molecular weight is 459 g/mol. The molecule has 8 nitrogen and oxygen atoms in total. The second kappa shape index (κ2) is 11.5. The van der Waals surface area contributed by atoms with Gasteiger partial charge in [-0.25, -0.2) is 9.59 Å². The number of aliphatic hydroxyl groups excluding tert-OH is 1. The molecule has 2 aromatic carbocycles. The van der Waals surface area contributed by atoms with E-state index in [4.69, 9.17) is 14.9 Å². The molecule has 1 aliphatic carbocycles. The first-order valence-corrected chi connectivity index (χ1v) is 11.5. The van der Waals surface area contributed by atoms with Crippen molar-refractivity contribution in [2.75, 3.05) is 31.2 Å². The van der Waals surface area contributed by atoms with Crippen LogP contribution in [0.25, 0.3) is 11.1 Å². The van der Waals surface area contributed by atoms with Crippen molar-refractivity contribution in [2.45, 2.75) is 18.4 Å². The number of nitrogens with one attached hydrogen (secondary N) is 2. The summed E-state index contributed by atoms with van der Waals surface area (Å²) in [6.07, 6.45) is -2.03. The summed E-state index contributed by atoms with van der Waals surface area (Å²) >= 11 is 1.33. The van der Waals surface area contributed by atoms with Crippen molar-refractivity contribution in [3.8, 4) is 11.1 Å². The van der Waals surface area contributed by atoms with Gasteiger partial charge in [-0.2, -0.15) is 11.8 Å². The summed E-state index contributed by atoms with van der Waals surface area (Å²) in [5.41, 5.74) is 4.64. The van der Waals surface area contributed by atoms with Gasteiger partial charge in [0.15, 0.2) is 6.10 Å². The Hall–Kier alpha value is -3.04. The molecule has 0 spiro atoms. The van der Waals surface area contributed by atoms with E-state index in [0.717, 1.165) is 11.1 Å². The van der Waals surface area contributed by atoms with Gasteiger partial charge in [-0.05, 0) is 22.3 Å². The molecule has 2 aromatic rings. The van der Waals surface area contributed by atoms with Crippen LogP contribution in [0.1, 0.15) is 23.5 Å². The summed E-state index contributed by atoms with van der Waals surface area (Å²) in [5, 5.41) is 22.9. The van der Waals surface area contributed by atoms with E-state index in [1.165, 1.54) is 22.9 Å². The molecule has 1 unspecified atom stereocenters. The van der Waals surface area contributed by atoms with Gasteiger partial charge in [0.2, 0.25) is 5.91 Å². The highest BCUT2D eigenvalue weighted by atomic mass is 32.2. The van der Waals surface area contributed by atoms with Crippen molar-refractivity contribution in [1.29, 1.82) is 0 Å². The Morgan fingerprint density at radius 3 is 2.22 bits per heavy atom. The van der Waals surface area contributed by atoms with Gasteiger partial charge >= 0.3 is 12.1 Å². The van der Waals surface area contributed by atoms with Crippen LogP contribution in [0.2, 0.25) is 0 Å². The molecule has 2 amide bonds. The number of carboxylic acids is 1. The number of alkyl carbamates (subject to hydrolysis) is 1. The fourth-order valence-corrected chi connectivity index (χ4v) is 4.24. The van der Waals surface area contributed by atoms with Gasteiger partial charge < -0.3 is 25.6 Å². The molecule has 0 saturated heterocycles. The molecule has 0 aromatic heterocycles. The van der Waals surface area contributed by atoms with Crippen molar-refractivity contribution in [3.05, 3.63) is 59.7 Å². The summed E-state index contributed by atoms with van der Waals surface area (Å²) in [6.45, 7) is 0.689. The second-order valence-corrected chi connectivity index (χ2v) is 8.40. The highest BCUT2D eigenvalue weighted by Gasteiger charge is 2.28. The number of carbonyl (C=O) groups is 3. The molecule has 0 aliphatic heterocycles. The van der Waals surface area contributed by atoms with Crippen LogP contribution in [-0.2, 0) is 14.3 Å². The van der Waals surface area contributed by atoms with Crippen LogP contribution in [0.3, 0.4) is 0 Å². The maximum Gasteiger partial charge on any atom is 0.407 e. The molecular formula is C23H26N2O6S. The molecule has 0 heterocycles.